The molecule has 10 nitrogen and oxygen atoms in total. The standard InChI is InChI=1S/C29H42O10/c1-14-23(33)24(34)25(35)26(38-14)39-21-10-16-3-4-19-18(28(16,13-30)11-20(21)31)5-7-27(2)17(6-8-29(19,27)36)15-9-22(32)37-12-15/h9,13-14,16-21,23-26,31,33-36H,3-8,10-12H2,1-2H3/t14-,16+,17-,18+,19-,20-,21-,23-,24-,25-,26+,27-,28-,29+/m1/s1. The summed E-state index contributed by atoms with van der Waals surface area (Å²) in [7, 11) is 0. The monoisotopic (exact) mass is 550 g/mol. The van der Waals surface area contributed by atoms with Gasteiger partial charge in [-0.05, 0) is 87.5 Å². The molecule has 10 heteroatoms. The molecule has 0 aromatic carbocycles. The maximum Gasteiger partial charge on any atom is 0.331 e. The third-order valence-corrected chi connectivity index (χ3v) is 11.9. The van der Waals surface area contributed by atoms with Gasteiger partial charge in [0.2, 0.25) is 0 Å². The van der Waals surface area contributed by atoms with Gasteiger partial charge >= 0.3 is 5.97 Å². The smallest absolute Gasteiger partial charge is 0.331 e. The van der Waals surface area contributed by atoms with Gasteiger partial charge in [0.05, 0.1) is 23.9 Å². The number of ether oxygens (including phenoxy) is 3. The molecule has 1 saturated heterocycles. The molecule has 0 amide bonds. The molecule has 39 heavy (non-hydrogen) atoms. The molecule has 5 fully saturated rings. The van der Waals surface area contributed by atoms with Gasteiger partial charge < -0.3 is 44.5 Å². The summed E-state index contributed by atoms with van der Waals surface area (Å²) in [6.07, 6.45) is -0.281. The summed E-state index contributed by atoms with van der Waals surface area (Å²) in [5.74, 6) is -0.491. The minimum atomic E-state index is -1.46. The third-order valence-electron chi connectivity index (χ3n) is 11.9. The summed E-state index contributed by atoms with van der Waals surface area (Å²) in [6, 6.07) is 0. The number of aldehydes is 1. The van der Waals surface area contributed by atoms with E-state index in [-0.39, 0.29) is 42.7 Å². The first-order valence-corrected chi connectivity index (χ1v) is 14.5. The number of aliphatic hydroxyl groups excluding tert-OH is 4. The summed E-state index contributed by atoms with van der Waals surface area (Å²) >= 11 is 0. The molecule has 4 aliphatic carbocycles. The summed E-state index contributed by atoms with van der Waals surface area (Å²) in [4.78, 5) is 24.7. The van der Waals surface area contributed by atoms with E-state index >= 15 is 0 Å². The minimum absolute atomic E-state index is 0.0627. The average molecular weight is 551 g/mol. The highest BCUT2D eigenvalue weighted by molar-refractivity contribution is 5.85. The normalized spacial score (nSPS) is 55.2. The Morgan fingerprint density at radius 1 is 1.03 bits per heavy atom. The Balaban J connectivity index is 1.22. The highest BCUT2D eigenvalue weighted by atomic mass is 16.7. The molecular formula is C29H42O10. The molecule has 0 bridgehead atoms. The second-order valence-corrected chi connectivity index (χ2v) is 13.4. The molecule has 0 unspecified atom stereocenters. The van der Waals surface area contributed by atoms with E-state index in [1.54, 1.807) is 13.0 Å². The molecule has 4 saturated carbocycles. The van der Waals surface area contributed by atoms with E-state index in [1.165, 1.54) is 0 Å². The average Bonchev–Trinajstić information content (AvgIpc) is 3.45. The molecule has 0 aromatic heterocycles. The number of cyclic esters (lactones) is 1. The van der Waals surface area contributed by atoms with Crippen LogP contribution in [0.5, 0.6) is 0 Å². The van der Waals surface area contributed by atoms with Crippen LogP contribution in [0.25, 0.3) is 0 Å². The highest BCUT2D eigenvalue weighted by Gasteiger charge is 2.69. The zero-order valence-corrected chi connectivity index (χ0v) is 22.6. The molecule has 218 valence electrons. The van der Waals surface area contributed by atoms with E-state index in [2.05, 4.69) is 6.92 Å². The summed E-state index contributed by atoms with van der Waals surface area (Å²) in [5, 5.41) is 54.2. The Hall–Kier alpha value is -1.40. The van der Waals surface area contributed by atoms with Crippen molar-refractivity contribution in [3.05, 3.63) is 11.6 Å². The molecule has 0 radical (unpaired) electrons. The van der Waals surface area contributed by atoms with Crippen LogP contribution in [0.4, 0.5) is 0 Å². The quantitative estimate of drug-likeness (QED) is 0.190. The number of hydrogen-bond acceptors (Lipinski definition) is 10. The van der Waals surface area contributed by atoms with Crippen molar-refractivity contribution in [2.24, 2.45) is 34.5 Å². The van der Waals surface area contributed by atoms with Gasteiger partial charge in [-0.2, -0.15) is 0 Å². The number of carbonyl (C=O) groups excluding carboxylic acids is 2. The molecule has 5 N–H and O–H groups in total. The van der Waals surface area contributed by atoms with Crippen LogP contribution in [0.1, 0.15) is 65.2 Å². The molecular weight excluding hydrogens is 508 g/mol. The predicted octanol–water partition coefficient (Wildman–Crippen LogP) is 0.606. The highest BCUT2D eigenvalue weighted by Crippen LogP contribution is 2.69. The van der Waals surface area contributed by atoms with Crippen molar-refractivity contribution in [2.75, 3.05) is 6.61 Å². The number of esters is 1. The first-order valence-electron chi connectivity index (χ1n) is 14.5. The van der Waals surface area contributed by atoms with E-state index in [4.69, 9.17) is 14.2 Å². The van der Waals surface area contributed by atoms with Crippen LogP contribution in [0.15, 0.2) is 11.6 Å². The maximum absolute atomic E-state index is 13.0. The van der Waals surface area contributed by atoms with Gasteiger partial charge in [0, 0.05) is 16.9 Å². The van der Waals surface area contributed by atoms with E-state index < -0.39 is 59.3 Å². The van der Waals surface area contributed by atoms with Crippen molar-refractivity contribution in [2.45, 2.75) is 114 Å². The van der Waals surface area contributed by atoms with Crippen molar-refractivity contribution < 1.29 is 49.3 Å². The van der Waals surface area contributed by atoms with E-state index in [0.717, 1.165) is 37.5 Å². The summed E-state index contributed by atoms with van der Waals surface area (Å²) in [6.45, 7) is 3.99. The van der Waals surface area contributed by atoms with Crippen LogP contribution in [-0.4, -0.2) is 92.9 Å². The Kier molecular flexibility index (Phi) is 6.81. The Morgan fingerprint density at radius 3 is 2.49 bits per heavy atom. The first-order chi connectivity index (χ1) is 18.4. The van der Waals surface area contributed by atoms with Crippen LogP contribution in [0.2, 0.25) is 0 Å². The number of hydrogen-bond donors (Lipinski definition) is 5. The lowest BCUT2D eigenvalue weighted by Gasteiger charge is -2.63. The summed E-state index contributed by atoms with van der Waals surface area (Å²) in [5.41, 5.74) is -1.22. The van der Waals surface area contributed by atoms with Crippen LogP contribution in [-0.2, 0) is 23.8 Å². The van der Waals surface area contributed by atoms with Crippen molar-refractivity contribution in [1.29, 1.82) is 0 Å². The Labute approximate surface area is 228 Å². The fourth-order valence-corrected chi connectivity index (χ4v) is 9.74. The van der Waals surface area contributed by atoms with Crippen LogP contribution in [0.3, 0.4) is 0 Å². The lowest BCUT2D eigenvalue weighted by molar-refractivity contribution is -0.318. The summed E-state index contributed by atoms with van der Waals surface area (Å²) < 4.78 is 16.8. The van der Waals surface area contributed by atoms with Crippen LogP contribution >= 0.6 is 0 Å². The lowest BCUT2D eigenvalue weighted by atomic mass is 9.43. The fourth-order valence-electron chi connectivity index (χ4n) is 9.74. The van der Waals surface area contributed by atoms with Crippen molar-refractivity contribution >= 4 is 12.3 Å². The molecule has 14 atom stereocenters. The first kappa shape index (κ1) is 27.8. The number of rotatable bonds is 4. The zero-order valence-electron chi connectivity index (χ0n) is 22.6. The van der Waals surface area contributed by atoms with Gasteiger partial charge in [-0.15, -0.1) is 0 Å². The number of fused-ring (bicyclic) bond motifs is 5. The predicted molar refractivity (Wildman–Crippen MR) is 135 cm³/mol. The minimum Gasteiger partial charge on any atom is -0.458 e. The molecule has 2 heterocycles. The molecule has 6 aliphatic rings. The third kappa shape index (κ3) is 3.93. The molecule has 6 rings (SSSR count). The van der Waals surface area contributed by atoms with Crippen molar-refractivity contribution in [1.82, 2.24) is 0 Å². The second-order valence-electron chi connectivity index (χ2n) is 13.4. The van der Waals surface area contributed by atoms with E-state index in [0.29, 0.717) is 19.3 Å². The Morgan fingerprint density at radius 2 is 1.79 bits per heavy atom. The fraction of sp³-hybridized carbons (Fsp3) is 0.862. The van der Waals surface area contributed by atoms with Crippen LogP contribution in [0, 0.1) is 34.5 Å². The molecule has 2 aliphatic heterocycles. The molecule has 0 spiro atoms. The Bertz CT molecular complexity index is 1030. The SMILES string of the molecule is C[C@H]1O[C@@H](O[C@@H]2C[C@@H]3CC[C@@H]4[C@H](CC[C@]5(C)[C@@H](C6=CC(=O)OC6)CC[C@]45O)[C@@]3(C=O)C[C@H]2O)[C@H](O)[C@H](O)[C@@H]1O. The van der Waals surface area contributed by atoms with E-state index in [1.807, 2.05) is 0 Å². The number of aliphatic hydroxyl groups is 5. The topological polar surface area (TPSA) is 163 Å². The largest absolute Gasteiger partial charge is 0.458 e. The van der Waals surface area contributed by atoms with Gasteiger partial charge in [0.15, 0.2) is 6.29 Å². The van der Waals surface area contributed by atoms with Crippen molar-refractivity contribution in [3.63, 3.8) is 0 Å². The molecule has 0 aromatic rings. The van der Waals surface area contributed by atoms with Gasteiger partial charge in [0.1, 0.15) is 31.2 Å². The van der Waals surface area contributed by atoms with Gasteiger partial charge in [-0.1, -0.05) is 6.92 Å². The lowest BCUT2D eigenvalue weighted by Crippen LogP contribution is -2.65. The van der Waals surface area contributed by atoms with E-state index in [9.17, 15) is 35.1 Å². The van der Waals surface area contributed by atoms with Crippen LogP contribution < -0.4 is 0 Å². The van der Waals surface area contributed by atoms with Crippen molar-refractivity contribution in [3.8, 4) is 0 Å². The maximum atomic E-state index is 13.0. The van der Waals surface area contributed by atoms with Gasteiger partial charge in [-0.3, -0.25) is 0 Å². The van der Waals surface area contributed by atoms with Gasteiger partial charge in [0.25, 0.3) is 0 Å². The second kappa shape index (κ2) is 9.58. The van der Waals surface area contributed by atoms with Gasteiger partial charge in [-0.25, -0.2) is 4.79 Å². The number of carbonyl (C=O) groups is 2. The zero-order chi connectivity index (χ0) is 27.9.